The van der Waals surface area contributed by atoms with Crippen LogP contribution in [0.3, 0.4) is 0 Å². The van der Waals surface area contributed by atoms with E-state index in [0.717, 1.165) is 114 Å². The van der Waals surface area contributed by atoms with Gasteiger partial charge in [-0.1, -0.05) is 54.4 Å². The number of hydrogen-bond donors (Lipinski definition) is 1. The summed E-state index contributed by atoms with van der Waals surface area (Å²) >= 11 is 0. The van der Waals surface area contributed by atoms with Crippen molar-refractivity contribution in [3.05, 3.63) is 0 Å². The summed E-state index contributed by atoms with van der Waals surface area (Å²) in [4.78, 5) is 13.8. The highest BCUT2D eigenvalue weighted by Crippen LogP contribution is 2.56. The van der Waals surface area contributed by atoms with Gasteiger partial charge in [0.2, 0.25) is 0 Å². The van der Waals surface area contributed by atoms with E-state index >= 15 is 0 Å². The summed E-state index contributed by atoms with van der Waals surface area (Å²) in [5.41, 5.74) is 1.21. The molecule has 14 heterocycles. The molecule has 14 saturated heterocycles. The first-order valence-electron chi connectivity index (χ1n) is 34.0. The molecule has 18 bridgehead atoms. The molecule has 18 aliphatic rings. The molecule has 9 atom stereocenters. The molecular weight excluding hydrogens is 933 g/mol. The fraction of sp³-hybridized carbons (Fsp3) is 1.00. The number of fused-ring (bicyclic) bond motifs is 6. The monoisotopic (exact) mass is 1060 g/mol. The van der Waals surface area contributed by atoms with Crippen molar-refractivity contribution in [2.45, 2.75) is 398 Å². The standard InChI is InChI=1S/C12H21N.2C12H23N.C11H19NO.C11H21N.C10H17NO/c1-8(2)13-11-4-9-3-10(6-11)7-12(13)5-9;1-9(2)13-10-5-6-11(13)8-12(3,4)7-10;1-8(2)13-11-9-5-6-10(11)12(3,4)7-9;1-7(2)12-8-3-10-5-9(12)6-11(4-8)13-10;1-9(2)12-10-5-3-6-11(12)8-4-7-10;1-6(2)11-7-3-8-5-9(11)10(4-7)12-8/h8-12H,3-7H2,1-2H3;9-11H,5-8H2,1-4H3;8-11,13H,5-7H2,1-4H3;7-11H,3-6H2,1-2H3;9-11H,3-8H2,1-2H3;6-10H,3-5H2,1-2H3. The first-order valence-corrected chi connectivity index (χ1v) is 34.0. The van der Waals surface area contributed by atoms with Gasteiger partial charge in [0.1, 0.15) is 0 Å². The number of nitrogens with zero attached hydrogens (tertiary/aromatic N) is 5. The highest BCUT2D eigenvalue weighted by atomic mass is 16.5. The molecule has 0 spiro atoms. The van der Waals surface area contributed by atoms with Gasteiger partial charge in [0.05, 0.1) is 24.4 Å². The molecule has 76 heavy (non-hydrogen) atoms. The Hall–Kier alpha value is -0.320. The minimum absolute atomic E-state index is 0.594. The highest BCUT2D eigenvalue weighted by Gasteiger charge is 2.55. The van der Waals surface area contributed by atoms with Crippen molar-refractivity contribution in [3.8, 4) is 0 Å². The van der Waals surface area contributed by atoms with Gasteiger partial charge in [0, 0.05) is 103 Å². The Balaban J connectivity index is 0.000000104. The first-order chi connectivity index (χ1) is 36.0. The fourth-order valence-corrected chi connectivity index (χ4v) is 22.1. The first kappa shape index (κ1) is 58.9. The van der Waals surface area contributed by atoms with Crippen molar-refractivity contribution in [3.63, 3.8) is 0 Å². The SMILES string of the molecule is CC(C)N1C2CC3CC(C2)CC1C3.CC(C)N1C2CC3CC1C(C2)O3.CC(C)N1C2CC3CC1CC(C2)O3.CC(C)N1C2CCC1CC(C)(C)C2.CC(C)N1C2CCCC1CCC2.CC(C)NC1C2CCC1C(C)(C)C2. The Morgan fingerprint density at radius 2 is 0.789 bits per heavy atom. The van der Waals surface area contributed by atoms with Crippen molar-refractivity contribution in [2.24, 2.45) is 34.5 Å². The Kier molecular flexibility index (Phi) is 18.7. The van der Waals surface area contributed by atoms with Gasteiger partial charge in [-0.15, -0.1) is 0 Å². The van der Waals surface area contributed by atoms with Gasteiger partial charge in [-0.25, -0.2) is 0 Å². The second kappa shape index (κ2) is 24.1. The molecule has 18 fully saturated rings. The molecule has 438 valence electrons. The molecule has 0 aromatic carbocycles. The third-order valence-electron chi connectivity index (χ3n) is 23.8. The van der Waals surface area contributed by atoms with Crippen LogP contribution in [0.4, 0.5) is 0 Å². The Bertz CT molecular complexity index is 1690. The molecule has 4 aliphatic carbocycles. The maximum atomic E-state index is 5.92. The van der Waals surface area contributed by atoms with Gasteiger partial charge in [-0.3, -0.25) is 24.5 Å². The molecule has 4 saturated carbocycles. The van der Waals surface area contributed by atoms with Crippen LogP contribution in [0.2, 0.25) is 0 Å². The van der Waals surface area contributed by atoms with Crippen LogP contribution in [-0.4, -0.2) is 152 Å². The van der Waals surface area contributed by atoms with Gasteiger partial charge in [0.25, 0.3) is 0 Å². The number of hydrogen-bond acceptors (Lipinski definition) is 8. The average molecular weight is 1060 g/mol. The van der Waals surface area contributed by atoms with E-state index in [0.29, 0.717) is 47.3 Å². The van der Waals surface area contributed by atoms with E-state index in [2.05, 4.69) is 141 Å². The van der Waals surface area contributed by atoms with Crippen LogP contribution in [-0.2, 0) is 9.47 Å². The minimum Gasteiger partial charge on any atom is -0.375 e. The van der Waals surface area contributed by atoms with E-state index < -0.39 is 0 Å². The lowest BCUT2D eigenvalue weighted by molar-refractivity contribution is -0.188. The molecule has 1 N–H and O–H groups in total. The molecule has 0 radical (unpaired) electrons. The number of nitrogens with one attached hydrogen (secondary N) is 1. The molecule has 14 aliphatic heterocycles. The second-order valence-corrected chi connectivity index (χ2v) is 32.4. The predicted octanol–water partition coefficient (Wildman–Crippen LogP) is 14.5. The van der Waals surface area contributed by atoms with Crippen LogP contribution in [0.25, 0.3) is 0 Å². The van der Waals surface area contributed by atoms with Gasteiger partial charge in [-0.05, 0) is 251 Å². The highest BCUT2D eigenvalue weighted by molar-refractivity contribution is 5.09. The van der Waals surface area contributed by atoms with E-state index in [-0.39, 0.29) is 0 Å². The van der Waals surface area contributed by atoms with Gasteiger partial charge in [0.15, 0.2) is 0 Å². The van der Waals surface area contributed by atoms with Crippen molar-refractivity contribution in [1.82, 2.24) is 29.8 Å². The fourth-order valence-electron chi connectivity index (χ4n) is 22.1. The second-order valence-electron chi connectivity index (χ2n) is 32.4. The maximum absolute atomic E-state index is 5.92. The zero-order valence-electron chi connectivity index (χ0n) is 52.7. The Morgan fingerprint density at radius 3 is 1.17 bits per heavy atom. The Morgan fingerprint density at radius 1 is 0.382 bits per heavy atom. The van der Waals surface area contributed by atoms with Crippen molar-refractivity contribution in [2.75, 3.05) is 0 Å². The molecule has 0 aromatic heterocycles. The van der Waals surface area contributed by atoms with Crippen LogP contribution < -0.4 is 5.32 Å². The number of ether oxygens (including phenoxy) is 2. The topological polar surface area (TPSA) is 46.7 Å². The average Bonchev–Trinajstić information content (AvgIpc) is 4.08. The number of piperidine rings is 8. The third kappa shape index (κ3) is 12.8. The van der Waals surface area contributed by atoms with E-state index in [1.165, 1.54) is 154 Å². The Labute approximate surface area is 470 Å². The summed E-state index contributed by atoms with van der Waals surface area (Å²) in [6, 6.07) is 14.2. The molecule has 9 unspecified atom stereocenters. The lowest BCUT2D eigenvalue weighted by atomic mass is 9.63. The molecule has 8 nitrogen and oxygen atoms in total. The molecule has 0 aromatic rings. The smallest absolute Gasteiger partial charge is 0.0750 e. The summed E-state index contributed by atoms with van der Waals surface area (Å²) in [5, 5.41) is 3.76. The molecule has 0 amide bonds. The number of rotatable bonds is 7. The minimum atomic E-state index is 0.594. The maximum Gasteiger partial charge on any atom is 0.0750 e. The quantitative estimate of drug-likeness (QED) is 0.271. The van der Waals surface area contributed by atoms with Gasteiger partial charge >= 0.3 is 0 Å². The van der Waals surface area contributed by atoms with Gasteiger partial charge in [-0.2, -0.15) is 0 Å². The molecule has 8 heteroatoms. The van der Waals surface area contributed by atoms with Crippen molar-refractivity contribution < 1.29 is 9.47 Å². The largest absolute Gasteiger partial charge is 0.375 e. The van der Waals surface area contributed by atoms with Crippen LogP contribution in [0.1, 0.15) is 271 Å². The van der Waals surface area contributed by atoms with E-state index in [1.54, 1.807) is 6.42 Å². The normalized spacial score (nSPS) is 44.5. The van der Waals surface area contributed by atoms with Crippen LogP contribution >= 0.6 is 0 Å². The van der Waals surface area contributed by atoms with Crippen LogP contribution in [0.5, 0.6) is 0 Å². The third-order valence-corrected chi connectivity index (χ3v) is 23.8. The van der Waals surface area contributed by atoms with Crippen LogP contribution in [0, 0.1) is 34.5 Å². The van der Waals surface area contributed by atoms with E-state index in [9.17, 15) is 0 Å². The van der Waals surface area contributed by atoms with E-state index in [4.69, 9.17) is 9.47 Å². The lowest BCUT2D eigenvalue weighted by Gasteiger charge is -2.58. The van der Waals surface area contributed by atoms with Gasteiger partial charge < -0.3 is 14.8 Å². The van der Waals surface area contributed by atoms with E-state index in [1.807, 2.05) is 0 Å². The summed E-state index contributed by atoms with van der Waals surface area (Å²) in [7, 11) is 0. The van der Waals surface area contributed by atoms with Crippen molar-refractivity contribution >= 4 is 0 Å². The zero-order valence-corrected chi connectivity index (χ0v) is 52.7. The summed E-state index contributed by atoms with van der Waals surface area (Å²) in [5.74, 6) is 4.14. The summed E-state index contributed by atoms with van der Waals surface area (Å²) < 4.78 is 11.8. The summed E-state index contributed by atoms with van der Waals surface area (Å²) in [6.07, 6.45) is 38.1. The summed E-state index contributed by atoms with van der Waals surface area (Å²) in [6.45, 7) is 37.8. The lowest BCUT2D eigenvalue weighted by Crippen LogP contribution is -2.63. The molecule has 18 rings (SSSR count). The molecular formula is C68H124N6O2. The zero-order chi connectivity index (χ0) is 54.1. The van der Waals surface area contributed by atoms with Crippen LogP contribution in [0.15, 0.2) is 0 Å². The predicted molar refractivity (Wildman–Crippen MR) is 319 cm³/mol. The van der Waals surface area contributed by atoms with Crippen molar-refractivity contribution in [1.29, 1.82) is 0 Å².